The number of nitrogens with one attached hydrogen (secondary N) is 1. The summed E-state index contributed by atoms with van der Waals surface area (Å²) in [6, 6.07) is 1.36. The predicted molar refractivity (Wildman–Crippen MR) is 60.0 cm³/mol. The van der Waals surface area contributed by atoms with E-state index in [0.29, 0.717) is 13.2 Å². The fourth-order valence-electron chi connectivity index (χ4n) is 1.50. The third kappa shape index (κ3) is 4.22. The van der Waals surface area contributed by atoms with Crippen LogP contribution in [0.15, 0.2) is 18.5 Å². The Morgan fingerprint density at radius 3 is 3.00 bits per heavy atom. The lowest BCUT2D eigenvalue weighted by Crippen LogP contribution is -2.28. The molecule has 1 aromatic rings. The molecule has 0 aliphatic heterocycles. The molecule has 1 atom stereocenters. The summed E-state index contributed by atoms with van der Waals surface area (Å²) in [5.41, 5.74) is 3.42. The average Bonchev–Trinajstić information content (AvgIpc) is 2.29. The van der Waals surface area contributed by atoms with E-state index in [1.165, 1.54) is 12.3 Å². The van der Waals surface area contributed by atoms with Gasteiger partial charge in [0.05, 0.1) is 6.20 Å². The van der Waals surface area contributed by atoms with Crippen LogP contribution in [-0.4, -0.2) is 18.2 Å². The summed E-state index contributed by atoms with van der Waals surface area (Å²) in [6.45, 7) is 3.36. The number of nitrogens with zero attached hydrogens (tertiary/aromatic N) is 1. The molecule has 1 heterocycles. The highest BCUT2D eigenvalue weighted by Gasteiger charge is 2.10. The number of hydrogen-bond acceptors (Lipinski definition) is 4. The molecule has 4 nitrogen and oxygen atoms in total. The van der Waals surface area contributed by atoms with Gasteiger partial charge in [0.1, 0.15) is 5.82 Å². The van der Waals surface area contributed by atoms with Crippen LogP contribution >= 0.6 is 0 Å². The Morgan fingerprint density at radius 2 is 2.38 bits per heavy atom. The van der Waals surface area contributed by atoms with Gasteiger partial charge in [-0.05, 0) is 31.4 Å². The van der Waals surface area contributed by atoms with E-state index in [0.717, 1.165) is 18.4 Å². The molecule has 0 aliphatic rings. The fourth-order valence-corrected chi connectivity index (χ4v) is 1.50. The first-order valence-corrected chi connectivity index (χ1v) is 5.42. The van der Waals surface area contributed by atoms with Crippen LogP contribution in [-0.2, 0) is 4.74 Å². The Hall–Kier alpha value is -1.04. The van der Waals surface area contributed by atoms with Crippen molar-refractivity contribution in [1.29, 1.82) is 0 Å². The lowest BCUT2D eigenvalue weighted by Gasteiger charge is -2.15. The summed E-state index contributed by atoms with van der Waals surface area (Å²) >= 11 is 0. The van der Waals surface area contributed by atoms with E-state index in [1.54, 1.807) is 6.20 Å². The minimum atomic E-state index is -0.345. The normalized spacial score (nSPS) is 12.7. The van der Waals surface area contributed by atoms with Crippen molar-refractivity contribution in [3.63, 3.8) is 0 Å². The Bertz CT molecular complexity index is 309. The highest BCUT2D eigenvalue weighted by molar-refractivity contribution is 5.14. The first-order chi connectivity index (χ1) is 7.77. The molecule has 0 amide bonds. The minimum absolute atomic E-state index is 0.0799. The van der Waals surface area contributed by atoms with Gasteiger partial charge in [-0.1, -0.05) is 0 Å². The van der Waals surface area contributed by atoms with Crippen LogP contribution in [0.4, 0.5) is 4.39 Å². The maximum Gasteiger partial charge on any atom is 0.141 e. The first-order valence-electron chi connectivity index (χ1n) is 5.42. The van der Waals surface area contributed by atoms with Crippen LogP contribution in [0, 0.1) is 5.82 Å². The zero-order valence-electron chi connectivity index (χ0n) is 9.45. The molecule has 0 radical (unpaired) electrons. The molecule has 0 saturated heterocycles. The molecule has 16 heavy (non-hydrogen) atoms. The molecule has 1 unspecified atom stereocenters. The van der Waals surface area contributed by atoms with Crippen molar-refractivity contribution in [2.75, 3.05) is 13.2 Å². The fraction of sp³-hybridized carbons (Fsp3) is 0.545. The molecule has 90 valence electrons. The molecule has 0 bridgehead atoms. The number of hydrogen-bond donors (Lipinski definition) is 2. The van der Waals surface area contributed by atoms with Crippen molar-refractivity contribution in [3.8, 4) is 0 Å². The minimum Gasteiger partial charge on any atom is -0.382 e. The van der Waals surface area contributed by atoms with Crippen molar-refractivity contribution < 1.29 is 9.13 Å². The van der Waals surface area contributed by atoms with E-state index >= 15 is 0 Å². The summed E-state index contributed by atoms with van der Waals surface area (Å²) in [5.74, 6) is 5.08. The third-order valence-corrected chi connectivity index (χ3v) is 2.32. The van der Waals surface area contributed by atoms with Crippen LogP contribution in [0.25, 0.3) is 0 Å². The number of nitrogens with two attached hydrogens (primary N) is 1. The van der Waals surface area contributed by atoms with Gasteiger partial charge in [0.15, 0.2) is 0 Å². The number of halogens is 1. The molecular weight excluding hydrogens is 209 g/mol. The molecule has 0 spiro atoms. The van der Waals surface area contributed by atoms with Crippen LogP contribution in [0.3, 0.4) is 0 Å². The lowest BCUT2D eigenvalue weighted by molar-refractivity contribution is 0.141. The molecule has 3 N–H and O–H groups in total. The second-order valence-electron chi connectivity index (χ2n) is 3.49. The summed E-state index contributed by atoms with van der Waals surface area (Å²) in [5, 5.41) is 0. The molecule has 1 aromatic heterocycles. The summed E-state index contributed by atoms with van der Waals surface area (Å²) in [6.07, 6.45) is 4.46. The zero-order chi connectivity index (χ0) is 11.8. The highest BCUT2D eigenvalue weighted by Crippen LogP contribution is 2.17. The van der Waals surface area contributed by atoms with Gasteiger partial charge in [-0.2, -0.15) is 0 Å². The second-order valence-corrected chi connectivity index (χ2v) is 3.49. The smallest absolute Gasteiger partial charge is 0.141 e. The van der Waals surface area contributed by atoms with Crippen LogP contribution < -0.4 is 11.3 Å². The number of hydrazine groups is 1. The number of rotatable bonds is 7. The highest BCUT2D eigenvalue weighted by atomic mass is 19.1. The number of ether oxygens (including phenoxy) is 1. The predicted octanol–water partition coefficient (Wildman–Crippen LogP) is 1.54. The van der Waals surface area contributed by atoms with Gasteiger partial charge in [0.2, 0.25) is 0 Å². The van der Waals surface area contributed by atoms with Gasteiger partial charge < -0.3 is 4.74 Å². The Morgan fingerprint density at radius 1 is 1.56 bits per heavy atom. The van der Waals surface area contributed by atoms with Gasteiger partial charge >= 0.3 is 0 Å². The molecule has 0 aromatic carbocycles. The van der Waals surface area contributed by atoms with E-state index in [2.05, 4.69) is 10.4 Å². The molecular formula is C11H18FN3O. The van der Waals surface area contributed by atoms with E-state index in [4.69, 9.17) is 10.6 Å². The Kier molecular flexibility index (Phi) is 5.92. The maximum atomic E-state index is 13.0. The standard InChI is InChI=1S/C11H18FN3O/c1-2-16-5-3-4-11(15-13)9-6-10(12)8-14-7-9/h6-8,11,15H,2-5,13H2,1H3. The first kappa shape index (κ1) is 13.0. The van der Waals surface area contributed by atoms with Crippen molar-refractivity contribution in [3.05, 3.63) is 29.8 Å². The van der Waals surface area contributed by atoms with Gasteiger partial charge in [-0.15, -0.1) is 0 Å². The third-order valence-electron chi connectivity index (χ3n) is 2.32. The lowest BCUT2D eigenvalue weighted by atomic mass is 10.1. The monoisotopic (exact) mass is 227 g/mol. The van der Waals surface area contributed by atoms with E-state index in [1.807, 2.05) is 6.92 Å². The summed E-state index contributed by atoms with van der Waals surface area (Å²) < 4.78 is 18.2. The van der Waals surface area contributed by atoms with Gasteiger partial charge in [0.25, 0.3) is 0 Å². The molecule has 0 fully saturated rings. The van der Waals surface area contributed by atoms with Gasteiger partial charge in [-0.25, -0.2) is 4.39 Å². The van der Waals surface area contributed by atoms with Gasteiger partial charge in [-0.3, -0.25) is 16.3 Å². The van der Waals surface area contributed by atoms with Crippen molar-refractivity contribution in [2.45, 2.75) is 25.8 Å². The molecule has 0 saturated carbocycles. The Labute approximate surface area is 95.0 Å². The molecule has 0 aliphatic carbocycles. The maximum absolute atomic E-state index is 13.0. The number of aromatic nitrogens is 1. The van der Waals surface area contributed by atoms with Crippen molar-refractivity contribution in [2.24, 2.45) is 5.84 Å². The summed E-state index contributed by atoms with van der Waals surface area (Å²) in [4.78, 5) is 3.80. The van der Waals surface area contributed by atoms with Crippen molar-refractivity contribution in [1.82, 2.24) is 10.4 Å². The number of pyridine rings is 1. The SMILES string of the molecule is CCOCCCC(NN)c1cncc(F)c1. The topological polar surface area (TPSA) is 60.2 Å². The Balaban J connectivity index is 2.47. The van der Waals surface area contributed by atoms with Crippen LogP contribution in [0.5, 0.6) is 0 Å². The second kappa shape index (κ2) is 7.27. The largest absolute Gasteiger partial charge is 0.382 e. The zero-order valence-corrected chi connectivity index (χ0v) is 9.45. The molecule has 5 heteroatoms. The van der Waals surface area contributed by atoms with Crippen molar-refractivity contribution >= 4 is 0 Å². The van der Waals surface area contributed by atoms with Crippen LogP contribution in [0.1, 0.15) is 31.4 Å². The van der Waals surface area contributed by atoms with E-state index < -0.39 is 0 Å². The van der Waals surface area contributed by atoms with Gasteiger partial charge in [0, 0.05) is 25.5 Å². The van der Waals surface area contributed by atoms with E-state index in [-0.39, 0.29) is 11.9 Å². The summed E-state index contributed by atoms with van der Waals surface area (Å²) in [7, 11) is 0. The van der Waals surface area contributed by atoms with Crippen LogP contribution in [0.2, 0.25) is 0 Å². The quantitative estimate of drug-likeness (QED) is 0.421. The average molecular weight is 227 g/mol. The molecule has 1 rings (SSSR count). The van der Waals surface area contributed by atoms with E-state index in [9.17, 15) is 4.39 Å².